The van der Waals surface area contributed by atoms with Crippen LogP contribution in [0.3, 0.4) is 0 Å². The highest BCUT2D eigenvalue weighted by molar-refractivity contribution is 7.98. The first kappa shape index (κ1) is 22.1. The van der Waals surface area contributed by atoms with Crippen molar-refractivity contribution in [3.63, 3.8) is 0 Å². The molecule has 0 bridgehead atoms. The second kappa shape index (κ2) is 9.28. The molecule has 4 heterocycles. The lowest BCUT2D eigenvalue weighted by molar-refractivity contribution is 0.0953. The standard InChI is InChI=1S/C23H25N5O3S2/c1-13-14(2)33-22-19(13)21(29)24-18(25-22)12-32-23-27-26-20(15-6-8-16(30-3)9-7-15)28(23)11-17-5-4-10-31-17/h6-9,17H,4-5,10-12H2,1-3H3,(H,24,25,29)/t17-/m1/s1. The van der Waals surface area contributed by atoms with Gasteiger partial charge in [0.2, 0.25) is 0 Å². The van der Waals surface area contributed by atoms with Crippen molar-refractivity contribution < 1.29 is 9.47 Å². The molecule has 1 N–H and O–H groups in total. The van der Waals surface area contributed by atoms with Crippen molar-refractivity contribution in [1.82, 2.24) is 24.7 Å². The van der Waals surface area contributed by atoms with Gasteiger partial charge in [-0.1, -0.05) is 11.8 Å². The maximum absolute atomic E-state index is 12.6. The molecular formula is C23H25N5O3S2. The Morgan fingerprint density at radius 1 is 1.27 bits per heavy atom. The molecule has 0 radical (unpaired) electrons. The molecule has 0 amide bonds. The predicted molar refractivity (Wildman–Crippen MR) is 130 cm³/mol. The minimum atomic E-state index is -0.0859. The van der Waals surface area contributed by atoms with Crippen LogP contribution in [-0.4, -0.2) is 44.6 Å². The molecule has 0 saturated carbocycles. The highest BCUT2D eigenvalue weighted by Gasteiger charge is 2.22. The predicted octanol–water partition coefficient (Wildman–Crippen LogP) is 4.34. The Bertz CT molecular complexity index is 1340. The van der Waals surface area contributed by atoms with E-state index in [2.05, 4.69) is 19.7 Å². The summed E-state index contributed by atoms with van der Waals surface area (Å²) in [7, 11) is 1.65. The van der Waals surface area contributed by atoms with E-state index in [1.54, 1.807) is 18.4 Å². The quantitative estimate of drug-likeness (QED) is 0.391. The molecule has 172 valence electrons. The number of nitrogens with zero attached hydrogens (tertiary/aromatic N) is 4. The molecule has 33 heavy (non-hydrogen) atoms. The molecule has 1 atom stereocenters. The van der Waals surface area contributed by atoms with E-state index in [9.17, 15) is 4.79 Å². The summed E-state index contributed by atoms with van der Waals surface area (Å²) in [5.74, 6) is 2.71. The van der Waals surface area contributed by atoms with Crippen molar-refractivity contribution in [2.75, 3.05) is 13.7 Å². The van der Waals surface area contributed by atoms with Crippen LogP contribution in [0.5, 0.6) is 5.75 Å². The summed E-state index contributed by atoms with van der Waals surface area (Å²) in [6.45, 7) is 5.46. The molecular weight excluding hydrogens is 458 g/mol. The van der Waals surface area contributed by atoms with Crippen molar-refractivity contribution in [1.29, 1.82) is 0 Å². The van der Waals surface area contributed by atoms with E-state index in [-0.39, 0.29) is 11.7 Å². The third-order valence-electron chi connectivity index (χ3n) is 5.90. The molecule has 0 unspecified atom stereocenters. The van der Waals surface area contributed by atoms with Gasteiger partial charge in [-0.25, -0.2) is 4.98 Å². The Morgan fingerprint density at radius 2 is 2.09 bits per heavy atom. The van der Waals surface area contributed by atoms with Gasteiger partial charge in [0.1, 0.15) is 16.4 Å². The number of aryl methyl sites for hydroxylation is 2. The fourth-order valence-corrected chi connectivity index (χ4v) is 5.87. The lowest BCUT2D eigenvalue weighted by Crippen LogP contribution is -2.17. The van der Waals surface area contributed by atoms with Gasteiger partial charge in [-0.2, -0.15) is 0 Å². The highest BCUT2D eigenvalue weighted by atomic mass is 32.2. The van der Waals surface area contributed by atoms with E-state index in [1.165, 1.54) is 11.8 Å². The van der Waals surface area contributed by atoms with Gasteiger partial charge >= 0.3 is 0 Å². The average molecular weight is 484 g/mol. The van der Waals surface area contributed by atoms with Gasteiger partial charge in [-0.3, -0.25) is 9.36 Å². The minimum absolute atomic E-state index is 0.0859. The molecule has 1 saturated heterocycles. The van der Waals surface area contributed by atoms with Crippen LogP contribution < -0.4 is 10.3 Å². The number of ether oxygens (including phenoxy) is 2. The first-order valence-electron chi connectivity index (χ1n) is 10.8. The fraction of sp³-hybridized carbons (Fsp3) is 0.391. The zero-order chi connectivity index (χ0) is 22.9. The molecule has 4 aromatic rings. The van der Waals surface area contributed by atoms with Crippen molar-refractivity contribution in [2.24, 2.45) is 0 Å². The smallest absolute Gasteiger partial charge is 0.259 e. The summed E-state index contributed by atoms with van der Waals surface area (Å²) in [6.07, 6.45) is 2.23. The SMILES string of the molecule is COc1ccc(-c2nnc(SCc3nc4sc(C)c(C)c4c(=O)[nH]3)n2C[C@H]2CCCO2)cc1. The second-order valence-electron chi connectivity index (χ2n) is 8.05. The molecule has 1 fully saturated rings. The van der Waals surface area contributed by atoms with Crippen LogP contribution in [0.1, 0.15) is 29.1 Å². The number of nitrogens with one attached hydrogen (secondary N) is 1. The van der Waals surface area contributed by atoms with Crippen LogP contribution in [0.2, 0.25) is 0 Å². The van der Waals surface area contributed by atoms with E-state index in [1.807, 2.05) is 38.1 Å². The lowest BCUT2D eigenvalue weighted by Gasteiger charge is -2.15. The maximum atomic E-state index is 12.6. The largest absolute Gasteiger partial charge is 0.497 e. The Balaban J connectivity index is 1.44. The molecule has 5 rings (SSSR count). The molecule has 8 nitrogen and oxygen atoms in total. The van der Waals surface area contributed by atoms with Crippen LogP contribution in [0.4, 0.5) is 0 Å². The fourth-order valence-electron chi connectivity index (χ4n) is 4.01. The van der Waals surface area contributed by atoms with Gasteiger partial charge in [0.25, 0.3) is 5.56 Å². The summed E-state index contributed by atoms with van der Waals surface area (Å²) in [6, 6.07) is 7.81. The minimum Gasteiger partial charge on any atom is -0.497 e. The summed E-state index contributed by atoms with van der Waals surface area (Å²) < 4.78 is 13.3. The number of thiophene rings is 1. The Kier molecular flexibility index (Phi) is 6.22. The van der Waals surface area contributed by atoms with Gasteiger partial charge in [0.15, 0.2) is 11.0 Å². The third kappa shape index (κ3) is 4.42. The number of hydrogen-bond donors (Lipinski definition) is 1. The van der Waals surface area contributed by atoms with E-state index >= 15 is 0 Å². The Morgan fingerprint density at radius 3 is 2.82 bits per heavy atom. The zero-order valence-corrected chi connectivity index (χ0v) is 20.4. The van der Waals surface area contributed by atoms with Crippen molar-refractivity contribution in [3.8, 4) is 17.1 Å². The Hall–Kier alpha value is -2.69. The van der Waals surface area contributed by atoms with Crippen LogP contribution in [0, 0.1) is 13.8 Å². The van der Waals surface area contributed by atoms with Gasteiger partial charge in [0, 0.05) is 17.0 Å². The molecule has 1 aromatic carbocycles. The Labute approximate surface area is 199 Å². The molecule has 0 spiro atoms. The van der Waals surface area contributed by atoms with E-state index < -0.39 is 0 Å². The van der Waals surface area contributed by atoms with Crippen molar-refractivity contribution in [2.45, 2.75) is 50.2 Å². The number of aromatic nitrogens is 5. The first-order chi connectivity index (χ1) is 16.0. The van der Waals surface area contributed by atoms with Gasteiger partial charge < -0.3 is 14.5 Å². The molecule has 3 aromatic heterocycles. The number of aromatic amines is 1. The molecule has 1 aliphatic heterocycles. The summed E-state index contributed by atoms with van der Waals surface area (Å²) in [5.41, 5.74) is 1.88. The van der Waals surface area contributed by atoms with Crippen molar-refractivity contribution in [3.05, 3.63) is 50.9 Å². The number of thioether (sulfide) groups is 1. The van der Waals surface area contributed by atoms with Gasteiger partial charge in [0.05, 0.1) is 30.9 Å². The number of H-pyrrole nitrogens is 1. The van der Waals surface area contributed by atoms with E-state index in [4.69, 9.17) is 14.5 Å². The van der Waals surface area contributed by atoms with Crippen molar-refractivity contribution >= 4 is 33.3 Å². The van der Waals surface area contributed by atoms with Crippen LogP contribution in [0.25, 0.3) is 21.6 Å². The summed E-state index contributed by atoms with van der Waals surface area (Å²) >= 11 is 3.07. The lowest BCUT2D eigenvalue weighted by atomic mass is 10.2. The summed E-state index contributed by atoms with van der Waals surface area (Å²) in [4.78, 5) is 22.2. The van der Waals surface area contributed by atoms with Crippen LogP contribution in [0.15, 0.2) is 34.2 Å². The second-order valence-corrected chi connectivity index (χ2v) is 10.2. The average Bonchev–Trinajstić information content (AvgIpc) is 3.53. The van der Waals surface area contributed by atoms with E-state index in [0.29, 0.717) is 23.5 Å². The van der Waals surface area contributed by atoms with Gasteiger partial charge in [-0.05, 0) is 56.5 Å². The number of benzene rings is 1. The van der Waals surface area contributed by atoms with E-state index in [0.717, 1.165) is 57.0 Å². The molecule has 0 aliphatic carbocycles. The number of fused-ring (bicyclic) bond motifs is 1. The number of hydrogen-bond acceptors (Lipinski definition) is 8. The number of rotatable bonds is 7. The normalized spacial score (nSPS) is 16.0. The molecule has 1 aliphatic rings. The first-order valence-corrected chi connectivity index (χ1v) is 12.6. The van der Waals surface area contributed by atoms with Crippen LogP contribution >= 0.6 is 23.1 Å². The van der Waals surface area contributed by atoms with Gasteiger partial charge in [-0.15, -0.1) is 21.5 Å². The van der Waals surface area contributed by atoms with Crippen LogP contribution in [-0.2, 0) is 17.0 Å². The maximum Gasteiger partial charge on any atom is 0.259 e. The highest BCUT2D eigenvalue weighted by Crippen LogP contribution is 2.30. The zero-order valence-electron chi connectivity index (χ0n) is 18.8. The summed E-state index contributed by atoms with van der Waals surface area (Å²) in [5, 5.41) is 10.4. The number of methoxy groups -OCH3 is 1. The molecule has 10 heteroatoms. The topological polar surface area (TPSA) is 94.9 Å². The monoisotopic (exact) mass is 483 g/mol. The third-order valence-corrected chi connectivity index (χ3v) is 7.98.